The molecule has 1 saturated carbocycles. The van der Waals surface area contributed by atoms with E-state index in [1.165, 1.54) is 43.0 Å². The van der Waals surface area contributed by atoms with Gasteiger partial charge in [-0.2, -0.15) is 0 Å². The summed E-state index contributed by atoms with van der Waals surface area (Å²) in [5.74, 6) is 0.680. The Morgan fingerprint density at radius 3 is 2.62 bits per heavy atom. The summed E-state index contributed by atoms with van der Waals surface area (Å²) < 4.78 is 25.6. The van der Waals surface area contributed by atoms with Crippen LogP contribution in [0, 0.1) is 0 Å². The highest BCUT2D eigenvalue weighted by Crippen LogP contribution is 2.23. The summed E-state index contributed by atoms with van der Waals surface area (Å²) in [5, 5.41) is 2.95. The Bertz CT molecular complexity index is 668. The van der Waals surface area contributed by atoms with Crippen LogP contribution in [0.3, 0.4) is 0 Å². The molecule has 1 aliphatic carbocycles. The van der Waals surface area contributed by atoms with Crippen molar-refractivity contribution in [3.8, 4) is 0 Å². The Morgan fingerprint density at radius 1 is 1.33 bits per heavy atom. The molecule has 7 heteroatoms. The summed E-state index contributed by atoms with van der Waals surface area (Å²) in [7, 11) is -0.385. The van der Waals surface area contributed by atoms with E-state index in [2.05, 4.69) is 5.32 Å². The minimum Gasteiger partial charge on any atom is -0.352 e. The predicted octanol–water partition coefficient (Wildman–Crippen LogP) is 2.62. The van der Waals surface area contributed by atoms with Crippen molar-refractivity contribution < 1.29 is 13.2 Å². The van der Waals surface area contributed by atoms with E-state index in [1.54, 1.807) is 18.2 Å². The lowest BCUT2D eigenvalue weighted by Crippen LogP contribution is -2.37. The molecule has 0 spiro atoms. The molecule has 1 atom stereocenters. The first-order valence-electron chi connectivity index (χ1n) is 8.24. The van der Waals surface area contributed by atoms with Crippen molar-refractivity contribution in [2.24, 2.45) is 0 Å². The van der Waals surface area contributed by atoms with Gasteiger partial charge in [-0.3, -0.25) is 4.79 Å². The second-order valence-corrected chi connectivity index (χ2v) is 9.86. The van der Waals surface area contributed by atoms with E-state index < -0.39 is 10.0 Å². The number of hydrogen-bond donors (Lipinski definition) is 1. The molecule has 1 aliphatic rings. The highest BCUT2D eigenvalue weighted by molar-refractivity contribution is 7.99. The van der Waals surface area contributed by atoms with Gasteiger partial charge in [0.1, 0.15) is 0 Å². The summed E-state index contributed by atoms with van der Waals surface area (Å²) in [5.41, 5.74) is 0.906. The van der Waals surface area contributed by atoms with Gasteiger partial charge in [0, 0.05) is 25.9 Å². The SMILES string of the molecule is CC(SCc1cccc(S(=O)(=O)N(C)C)c1)C(=O)NC1CCCC1. The smallest absolute Gasteiger partial charge is 0.242 e. The highest BCUT2D eigenvalue weighted by Gasteiger charge is 2.21. The predicted molar refractivity (Wildman–Crippen MR) is 98.5 cm³/mol. The van der Waals surface area contributed by atoms with Crippen LogP contribution in [-0.4, -0.2) is 44.0 Å². The van der Waals surface area contributed by atoms with Gasteiger partial charge in [0.2, 0.25) is 15.9 Å². The van der Waals surface area contributed by atoms with Crippen molar-refractivity contribution >= 4 is 27.7 Å². The number of nitrogens with zero attached hydrogens (tertiary/aromatic N) is 1. The van der Waals surface area contributed by atoms with E-state index in [0.29, 0.717) is 11.8 Å². The maximum Gasteiger partial charge on any atom is 0.242 e. The third-order valence-corrected chi connectivity index (χ3v) is 7.27. The molecular formula is C17H26N2O3S2. The van der Waals surface area contributed by atoms with E-state index >= 15 is 0 Å². The zero-order chi connectivity index (χ0) is 17.7. The largest absolute Gasteiger partial charge is 0.352 e. The van der Waals surface area contributed by atoms with Crippen molar-refractivity contribution in [1.82, 2.24) is 9.62 Å². The van der Waals surface area contributed by atoms with Crippen LogP contribution in [0.2, 0.25) is 0 Å². The number of carbonyl (C=O) groups excluding carboxylic acids is 1. The van der Waals surface area contributed by atoms with Gasteiger partial charge in [-0.1, -0.05) is 25.0 Å². The summed E-state index contributed by atoms with van der Waals surface area (Å²) in [6.45, 7) is 1.90. The Morgan fingerprint density at radius 2 is 2.00 bits per heavy atom. The topological polar surface area (TPSA) is 66.5 Å². The van der Waals surface area contributed by atoms with E-state index in [9.17, 15) is 13.2 Å². The Labute approximate surface area is 149 Å². The lowest BCUT2D eigenvalue weighted by atomic mass is 10.2. The molecule has 1 N–H and O–H groups in total. The summed E-state index contributed by atoms with van der Waals surface area (Å²) in [6.07, 6.45) is 4.54. The number of hydrogen-bond acceptors (Lipinski definition) is 4. The molecule has 5 nitrogen and oxygen atoms in total. The number of benzene rings is 1. The molecule has 0 bridgehead atoms. The summed E-state index contributed by atoms with van der Waals surface area (Å²) in [4.78, 5) is 12.5. The third kappa shape index (κ3) is 4.97. The van der Waals surface area contributed by atoms with E-state index in [1.807, 2.05) is 13.0 Å². The number of amides is 1. The number of sulfonamides is 1. The van der Waals surface area contributed by atoms with E-state index in [0.717, 1.165) is 18.4 Å². The molecular weight excluding hydrogens is 344 g/mol. The quantitative estimate of drug-likeness (QED) is 0.801. The number of rotatable bonds is 7. The first kappa shape index (κ1) is 19.3. The van der Waals surface area contributed by atoms with Crippen molar-refractivity contribution in [3.05, 3.63) is 29.8 Å². The summed E-state index contributed by atoms with van der Waals surface area (Å²) >= 11 is 1.53. The lowest BCUT2D eigenvalue weighted by molar-refractivity contribution is -0.120. The maximum atomic E-state index is 12.2. The Hall–Kier alpha value is -1.05. The molecule has 0 radical (unpaired) electrons. The Kier molecular flexibility index (Phi) is 6.71. The highest BCUT2D eigenvalue weighted by atomic mass is 32.2. The minimum atomic E-state index is -3.43. The number of thioether (sulfide) groups is 1. The van der Waals surface area contributed by atoms with Crippen molar-refractivity contribution in [2.45, 2.75) is 54.5 Å². The number of carbonyl (C=O) groups is 1. The van der Waals surface area contributed by atoms with Crippen LogP contribution in [0.1, 0.15) is 38.2 Å². The van der Waals surface area contributed by atoms with Crippen LogP contribution < -0.4 is 5.32 Å². The molecule has 0 saturated heterocycles. The third-order valence-electron chi connectivity index (χ3n) is 4.25. The molecule has 1 amide bonds. The van der Waals surface area contributed by atoms with E-state index in [-0.39, 0.29) is 16.1 Å². The van der Waals surface area contributed by atoms with Gasteiger partial charge in [0.25, 0.3) is 0 Å². The maximum absolute atomic E-state index is 12.2. The average molecular weight is 371 g/mol. The van der Waals surface area contributed by atoms with Crippen LogP contribution >= 0.6 is 11.8 Å². The monoisotopic (exact) mass is 370 g/mol. The standard InChI is InChI=1S/C17H26N2O3S2/c1-13(17(20)18-15-8-4-5-9-15)23-12-14-7-6-10-16(11-14)24(21,22)19(2)3/h6-7,10-11,13,15H,4-5,8-9,12H2,1-3H3,(H,18,20). The van der Waals surface area contributed by atoms with Crippen LogP contribution in [0.5, 0.6) is 0 Å². The molecule has 0 aliphatic heterocycles. The van der Waals surface area contributed by atoms with Crippen LogP contribution in [0.4, 0.5) is 0 Å². The second kappa shape index (κ2) is 8.36. The minimum absolute atomic E-state index is 0.0731. The fraction of sp³-hybridized carbons (Fsp3) is 0.588. The zero-order valence-electron chi connectivity index (χ0n) is 14.5. The van der Waals surface area contributed by atoms with Crippen molar-refractivity contribution in [2.75, 3.05) is 14.1 Å². The molecule has 134 valence electrons. The van der Waals surface area contributed by atoms with Crippen LogP contribution in [0.15, 0.2) is 29.2 Å². The van der Waals surface area contributed by atoms with Crippen molar-refractivity contribution in [1.29, 1.82) is 0 Å². The van der Waals surface area contributed by atoms with Gasteiger partial charge >= 0.3 is 0 Å². The van der Waals surface area contributed by atoms with Gasteiger partial charge < -0.3 is 5.32 Å². The number of nitrogens with one attached hydrogen (secondary N) is 1. The normalized spacial score (nSPS) is 17.2. The molecule has 2 rings (SSSR count). The Balaban J connectivity index is 1.93. The van der Waals surface area contributed by atoms with Gasteiger partial charge in [0.05, 0.1) is 10.1 Å². The van der Waals surface area contributed by atoms with Gasteiger partial charge in [-0.25, -0.2) is 12.7 Å². The molecule has 1 unspecified atom stereocenters. The van der Waals surface area contributed by atoms with Crippen molar-refractivity contribution in [3.63, 3.8) is 0 Å². The zero-order valence-corrected chi connectivity index (χ0v) is 16.1. The molecule has 1 aromatic rings. The molecule has 0 heterocycles. The lowest BCUT2D eigenvalue weighted by Gasteiger charge is -2.17. The summed E-state index contributed by atoms with van der Waals surface area (Å²) in [6, 6.07) is 7.25. The van der Waals surface area contributed by atoms with Gasteiger partial charge in [-0.05, 0) is 37.5 Å². The van der Waals surface area contributed by atoms with Gasteiger partial charge in [-0.15, -0.1) is 11.8 Å². The second-order valence-electron chi connectivity index (χ2n) is 6.38. The fourth-order valence-corrected chi connectivity index (χ4v) is 4.51. The molecule has 1 fully saturated rings. The fourth-order valence-electron chi connectivity index (χ4n) is 2.69. The van der Waals surface area contributed by atoms with Crippen LogP contribution in [0.25, 0.3) is 0 Å². The first-order valence-corrected chi connectivity index (χ1v) is 10.7. The van der Waals surface area contributed by atoms with Crippen LogP contribution in [-0.2, 0) is 20.6 Å². The average Bonchev–Trinajstić information content (AvgIpc) is 3.05. The molecule has 1 aromatic carbocycles. The van der Waals surface area contributed by atoms with Gasteiger partial charge in [0.15, 0.2) is 0 Å². The van der Waals surface area contributed by atoms with E-state index in [4.69, 9.17) is 0 Å². The molecule has 0 aromatic heterocycles. The first-order chi connectivity index (χ1) is 11.3. The molecule has 24 heavy (non-hydrogen) atoms.